The lowest BCUT2D eigenvalue weighted by Crippen LogP contribution is -2.25. The molecule has 0 bridgehead atoms. The third kappa shape index (κ3) is 3.20. The molecule has 0 aliphatic rings. The Morgan fingerprint density at radius 3 is 2.80 bits per heavy atom. The summed E-state index contributed by atoms with van der Waals surface area (Å²) in [6.07, 6.45) is 4.63. The van der Waals surface area contributed by atoms with Gasteiger partial charge in [0.05, 0.1) is 13.2 Å². The second kappa shape index (κ2) is 6.57. The summed E-state index contributed by atoms with van der Waals surface area (Å²) in [7, 11) is 1.71. The van der Waals surface area contributed by atoms with Crippen molar-refractivity contribution in [2.75, 3.05) is 7.11 Å². The first kappa shape index (κ1) is 14.6. The fourth-order valence-electron chi connectivity index (χ4n) is 2.44. The zero-order valence-electron chi connectivity index (χ0n) is 12.6. The van der Waals surface area contributed by atoms with Gasteiger partial charge in [-0.05, 0) is 26.3 Å². The van der Waals surface area contributed by atoms with Crippen LogP contribution >= 0.6 is 0 Å². The zero-order chi connectivity index (χ0) is 14.5. The number of ether oxygens (including phenoxy) is 1. The molecule has 2 rings (SSSR count). The van der Waals surface area contributed by atoms with E-state index >= 15 is 0 Å². The molecule has 108 valence electrons. The van der Waals surface area contributed by atoms with E-state index in [0.29, 0.717) is 0 Å². The molecule has 2 unspecified atom stereocenters. The lowest BCUT2D eigenvalue weighted by Gasteiger charge is -2.23. The van der Waals surface area contributed by atoms with Crippen molar-refractivity contribution in [1.29, 1.82) is 0 Å². The molecule has 1 heterocycles. The van der Waals surface area contributed by atoms with Gasteiger partial charge in [0, 0.05) is 24.0 Å². The van der Waals surface area contributed by atoms with Crippen molar-refractivity contribution in [2.45, 2.75) is 39.3 Å². The third-order valence-corrected chi connectivity index (χ3v) is 3.56. The van der Waals surface area contributed by atoms with Crippen LogP contribution < -0.4 is 10.1 Å². The average molecular weight is 273 g/mol. The highest BCUT2D eigenvalue weighted by Crippen LogP contribution is 2.28. The quantitative estimate of drug-likeness (QED) is 0.846. The van der Waals surface area contributed by atoms with E-state index in [-0.39, 0.29) is 12.1 Å². The summed E-state index contributed by atoms with van der Waals surface area (Å²) in [4.78, 5) is 7.53. The number of imidazole rings is 1. The largest absolute Gasteiger partial charge is 0.496 e. The summed E-state index contributed by atoms with van der Waals surface area (Å²) in [5.41, 5.74) is 2.41. The van der Waals surface area contributed by atoms with Crippen LogP contribution in [-0.2, 0) is 0 Å². The number of hydrogen-bond acceptors (Lipinski definition) is 3. The van der Waals surface area contributed by atoms with Gasteiger partial charge in [0.1, 0.15) is 11.6 Å². The van der Waals surface area contributed by atoms with Gasteiger partial charge in [0.15, 0.2) is 0 Å². The van der Waals surface area contributed by atoms with Crippen LogP contribution in [0.2, 0.25) is 0 Å². The maximum Gasteiger partial charge on any atom is 0.123 e. The van der Waals surface area contributed by atoms with E-state index in [1.54, 1.807) is 13.3 Å². The van der Waals surface area contributed by atoms with Crippen LogP contribution in [0.3, 0.4) is 0 Å². The second-order valence-corrected chi connectivity index (χ2v) is 5.07. The van der Waals surface area contributed by atoms with E-state index in [9.17, 15) is 0 Å². The summed E-state index contributed by atoms with van der Waals surface area (Å²) >= 11 is 0. The van der Waals surface area contributed by atoms with Gasteiger partial charge in [0.2, 0.25) is 0 Å². The van der Waals surface area contributed by atoms with Gasteiger partial charge in [-0.15, -0.1) is 0 Å². The maximum absolute atomic E-state index is 5.46. The molecular weight excluding hydrogens is 250 g/mol. The molecule has 2 aromatic rings. The van der Waals surface area contributed by atoms with Crippen molar-refractivity contribution in [1.82, 2.24) is 15.3 Å². The van der Waals surface area contributed by atoms with Gasteiger partial charge in [-0.1, -0.05) is 24.6 Å². The van der Waals surface area contributed by atoms with E-state index in [1.807, 2.05) is 12.3 Å². The molecule has 2 N–H and O–H groups in total. The van der Waals surface area contributed by atoms with E-state index in [0.717, 1.165) is 18.0 Å². The van der Waals surface area contributed by atoms with Crippen molar-refractivity contribution in [2.24, 2.45) is 0 Å². The first-order valence-corrected chi connectivity index (χ1v) is 7.05. The third-order valence-electron chi connectivity index (χ3n) is 3.56. The van der Waals surface area contributed by atoms with Gasteiger partial charge < -0.3 is 15.0 Å². The maximum atomic E-state index is 5.46. The van der Waals surface area contributed by atoms with Crippen LogP contribution in [0.1, 0.15) is 49.3 Å². The van der Waals surface area contributed by atoms with Gasteiger partial charge in [-0.25, -0.2) is 4.98 Å². The average Bonchev–Trinajstić information content (AvgIpc) is 2.98. The Balaban J connectivity index is 2.18. The van der Waals surface area contributed by atoms with Crippen LogP contribution in [-0.4, -0.2) is 17.1 Å². The molecule has 0 saturated carbocycles. The Kier molecular flexibility index (Phi) is 4.79. The molecule has 0 aliphatic heterocycles. The van der Waals surface area contributed by atoms with Crippen LogP contribution in [0.15, 0.2) is 30.6 Å². The van der Waals surface area contributed by atoms with Crippen LogP contribution in [0.25, 0.3) is 0 Å². The molecule has 0 aliphatic carbocycles. The van der Waals surface area contributed by atoms with Crippen LogP contribution in [0, 0.1) is 6.92 Å². The fraction of sp³-hybridized carbons (Fsp3) is 0.438. The number of nitrogens with zero attached hydrogens (tertiary/aromatic N) is 1. The molecule has 4 heteroatoms. The summed E-state index contributed by atoms with van der Waals surface area (Å²) in [5.74, 6) is 1.90. The molecule has 4 nitrogen and oxygen atoms in total. The number of methoxy groups -OCH3 is 1. The van der Waals surface area contributed by atoms with Gasteiger partial charge in [-0.2, -0.15) is 0 Å². The monoisotopic (exact) mass is 273 g/mol. The summed E-state index contributed by atoms with van der Waals surface area (Å²) in [6, 6.07) is 6.67. The predicted molar refractivity (Wildman–Crippen MR) is 80.9 cm³/mol. The van der Waals surface area contributed by atoms with Crippen molar-refractivity contribution in [3.8, 4) is 5.75 Å². The Morgan fingerprint density at radius 1 is 1.40 bits per heavy atom. The SMILES string of the molecule is CCC(NC(C)c1cc(C)ccc1OC)c1ncc[nH]1. The van der Waals surface area contributed by atoms with Crippen molar-refractivity contribution >= 4 is 0 Å². The summed E-state index contributed by atoms with van der Waals surface area (Å²) < 4.78 is 5.46. The van der Waals surface area contributed by atoms with Gasteiger partial charge in [-0.3, -0.25) is 0 Å². The van der Waals surface area contributed by atoms with Crippen LogP contribution in [0.5, 0.6) is 5.75 Å². The minimum Gasteiger partial charge on any atom is -0.496 e. The first-order chi connectivity index (χ1) is 9.65. The predicted octanol–water partition coefficient (Wildman–Crippen LogP) is 3.53. The molecule has 2 atom stereocenters. The number of nitrogens with one attached hydrogen (secondary N) is 2. The Labute approximate surface area is 120 Å². The number of rotatable bonds is 6. The molecule has 20 heavy (non-hydrogen) atoms. The highest BCUT2D eigenvalue weighted by molar-refractivity contribution is 5.39. The molecule has 0 radical (unpaired) electrons. The normalized spacial score (nSPS) is 14.0. The number of aromatic nitrogens is 2. The number of benzene rings is 1. The molecule has 0 fully saturated rings. The van der Waals surface area contributed by atoms with E-state index in [1.165, 1.54) is 11.1 Å². The zero-order valence-corrected chi connectivity index (χ0v) is 12.6. The molecule has 1 aromatic carbocycles. The number of hydrogen-bond donors (Lipinski definition) is 2. The lowest BCUT2D eigenvalue weighted by atomic mass is 10.0. The Morgan fingerprint density at radius 2 is 2.20 bits per heavy atom. The summed E-state index contributed by atoms with van der Waals surface area (Å²) in [6.45, 7) is 6.41. The minimum atomic E-state index is 0.194. The Bertz CT molecular complexity index is 537. The van der Waals surface area contributed by atoms with E-state index < -0.39 is 0 Å². The van der Waals surface area contributed by atoms with E-state index in [4.69, 9.17) is 4.74 Å². The minimum absolute atomic E-state index is 0.194. The smallest absolute Gasteiger partial charge is 0.123 e. The highest BCUT2D eigenvalue weighted by Gasteiger charge is 2.18. The number of aromatic amines is 1. The molecule has 0 amide bonds. The topological polar surface area (TPSA) is 49.9 Å². The van der Waals surface area contributed by atoms with Gasteiger partial charge in [0.25, 0.3) is 0 Å². The molecule has 1 aromatic heterocycles. The highest BCUT2D eigenvalue weighted by atomic mass is 16.5. The first-order valence-electron chi connectivity index (χ1n) is 7.05. The molecule has 0 saturated heterocycles. The van der Waals surface area contributed by atoms with Crippen LogP contribution in [0.4, 0.5) is 0 Å². The molecule has 0 spiro atoms. The van der Waals surface area contributed by atoms with Crippen molar-refractivity contribution in [3.05, 3.63) is 47.5 Å². The Hall–Kier alpha value is -1.81. The summed E-state index contributed by atoms with van der Waals surface area (Å²) in [5, 5.41) is 3.61. The second-order valence-electron chi connectivity index (χ2n) is 5.07. The standard InChI is InChI=1S/C16H23N3O/c1-5-14(16-17-8-9-18-16)19-12(3)13-10-11(2)6-7-15(13)20-4/h6-10,12,14,19H,5H2,1-4H3,(H,17,18). The number of H-pyrrole nitrogens is 1. The number of aryl methyl sites for hydroxylation is 1. The molecular formula is C16H23N3O. The van der Waals surface area contributed by atoms with Crippen molar-refractivity contribution in [3.63, 3.8) is 0 Å². The van der Waals surface area contributed by atoms with E-state index in [2.05, 4.69) is 48.2 Å². The van der Waals surface area contributed by atoms with Gasteiger partial charge >= 0.3 is 0 Å². The fourth-order valence-corrected chi connectivity index (χ4v) is 2.44. The lowest BCUT2D eigenvalue weighted by molar-refractivity contribution is 0.389. The van der Waals surface area contributed by atoms with Crippen molar-refractivity contribution < 1.29 is 4.74 Å².